The third-order valence-corrected chi connectivity index (χ3v) is 3.37. The highest BCUT2D eigenvalue weighted by molar-refractivity contribution is 6.31. The van der Waals surface area contributed by atoms with Crippen molar-refractivity contribution in [1.82, 2.24) is 4.98 Å². The van der Waals surface area contributed by atoms with E-state index < -0.39 is 0 Å². The molecule has 100 valence electrons. The van der Waals surface area contributed by atoms with Gasteiger partial charge < -0.3 is 10.9 Å². The van der Waals surface area contributed by atoms with E-state index >= 15 is 0 Å². The number of hydrogen-bond donors (Lipinski definition) is 1. The summed E-state index contributed by atoms with van der Waals surface area (Å²) >= 11 is 6.04. The van der Waals surface area contributed by atoms with Crippen molar-refractivity contribution in [3.05, 3.63) is 64.6 Å². The molecule has 0 saturated carbocycles. The summed E-state index contributed by atoms with van der Waals surface area (Å²) in [6, 6.07) is 14.7. The van der Waals surface area contributed by atoms with Gasteiger partial charge in [-0.2, -0.15) is 0 Å². The summed E-state index contributed by atoms with van der Waals surface area (Å²) in [6.07, 6.45) is 0. The van der Waals surface area contributed by atoms with E-state index in [0.29, 0.717) is 22.1 Å². The minimum Gasteiger partial charge on any atom is -0.710 e. The van der Waals surface area contributed by atoms with Gasteiger partial charge in [0, 0.05) is 10.6 Å². The average molecular weight is 286 g/mol. The van der Waals surface area contributed by atoms with E-state index in [9.17, 15) is 5.21 Å². The third kappa shape index (κ3) is 2.09. The molecule has 0 saturated heterocycles. The summed E-state index contributed by atoms with van der Waals surface area (Å²) in [6.45, 7) is 0.0852. The second-order valence-corrected chi connectivity index (χ2v) is 4.84. The summed E-state index contributed by atoms with van der Waals surface area (Å²) in [4.78, 5) is 4.29. The van der Waals surface area contributed by atoms with Crippen LogP contribution >= 0.6 is 11.6 Å². The maximum Gasteiger partial charge on any atom is 0.316 e. The van der Waals surface area contributed by atoms with Gasteiger partial charge in [0.05, 0.1) is 5.39 Å². The fourth-order valence-electron chi connectivity index (χ4n) is 2.22. The van der Waals surface area contributed by atoms with Crippen LogP contribution in [0.3, 0.4) is 0 Å². The molecule has 0 spiro atoms. The molecule has 3 rings (SSSR count). The van der Waals surface area contributed by atoms with Crippen molar-refractivity contribution >= 4 is 22.5 Å². The molecule has 1 aromatic heterocycles. The Hall–Kier alpha value is -2.17. The molecule has 2 aromatic carbocycles. The highest BCUT2D eigenvalue weighted by atomic mass is 35.5. The van der Waals surface area contributed by atoms with Crippen LogP contribution < -0.4 is 10.5 Å². The molecule has 0 amide bonds. The number of nitrogens with two attached hydrogens (primary N) is 1. The Morgan fingerprint density at radius 2 is 1.90 bits per heavy atom. The Bertz CT molecular complexity index is 775. The second kappa shape index (κ2) is 5.07. The number of halogens is 1. The maximum absolute atomic E-state index is 12.5. The quantitative estimate of drug-likeness (QED) is 0.581. The molecule has 0 unspecified atom stereocenters. The fraction of sp³-hybridized carbons (Fsp3) is 0.0667. The van der Waals surface area contributed by atoms with Gasteiger partial charge in [-0.3, -0.25) is 0 Å². The zero-order valence-corrected chi connectivity index (χ0v) is 11.3. The molecule has 0 aliphatic rings. The van der Waals surface area contributed by atoms with Gasteiger partial charge >= 0.3 is 5.82 Å². The van der Waals surface area contributed by atoms with Crippen LogP contribution in [0.1, 0.15) is 5.82 Å². The van der Waals surface area contributed by atoms with Crippen LogP contribution in [0.25, 0.3) is 22.2 Å². The van der Waals surface area contributed by atoms with E-state index in [0.717, 1.165) is 15.7 Å². The average Bonchev–Trinajstić information content (AvgIpc) is 2.47. The summed E-state index contributed by atoms with van der Waals surface area (Å²) in [5.74, 6) is 0.290. The van der Waals surface area contributed by atoms with E-state index in [2.05, 4.69) is 4.98 Å². The Morgan fingerprint density at radius 3 is 2.60 bits per heavy atom. The lowest BCUT2D eigenvalue weighted by molar-refractivity contribution is -0.604. The van der Waals surface area contributed by atoms with Gasteiger partial charge in [-0.05, 0) is 23.2 Å². The SMILES string of the molecule is NCc1nc2ccc(Cl)cc2c(-c2ccccc2)[n+]1[O-]. The molecular weight excluding hydrogens is 274 g/mol. The first kappa shape index (κ1) is 12.8. The van der Waals surface area contributed by atoms with Crippen molar-refractivity contribution in [3.8, 4) is 11.3 Å². The van der Waals surface area contributed by atoms with Crippen LogP contribution in [0.15, 0.2) is 48.5 Å². The Labute approximate surface area is 121 Å². The Kier molecular flexibility index (Phi) is 3.26. The van der Waals surface area contributed by atoms with Crippen LogP contribution in [0.2, 0.25) is 5.02 Å². The van der Waals surface area contributed by atoms with Gasteiger partial charge in [-0.15, -0.1) is 0 Å². The van der Waals surface area contributed by atoms with Crippen molar-refractivity contribution in [2.75, 3.05) is 0 Å². The largest absolute Gasteiger partial charge is 0.710 e. The second-order valence-electron chi connectivity index (χ2n) is 4.40. The van der Waals surface area contributed by atoms with E-state index in [4.69, 9.17) is 17.3 Å². The van der Waals surface area contributed by atoms with Crippen molar-refractivity contribution < 1.29 is 4.73 Å². The molecular formula is C15H12ClN3O. The first-order valence-electron chi connectivity index (χ1n) is 6.18. The highest BCUT2D eigenvalue weighted by Gasteiger charge is 2.18. The van der Waals surface area contributed by atoms with Crippen molar-refractivity contribution in [1.29, 1.82) is 0 Å². The molecule has 0 radical (unpaired) electrons. The lowest BCUT2D eigenvalue weighted by Gasteiger charge is -2.13. The number of aromatic nitrogens is 2. The minimum atomic E-state index is 0.0852. The molecule has 5 heteroatoms. The number of hydrogen-bond acceptors (Lipinski definition) is 3. The standard InChI is InChI=1S/C15H12ClN3O/c16-11-6-7-13-12(8-11)15(10-4-2-1-3-5-10)19(20)14(9-17)18-13/h1-8H,9,17H2. The topological polar surface area (TPSA) is 65.8 Å². The van der Waals surface area contributed by atoms with Crippen LogP contribution in [0.4, 0.5) is 0 Å². The molecule has 3 aromatic rings. The van der Waals surface area contributed by atoms with Crippen LogP contribution in [0.5, 0.6) is 0 Å². The first-order chi connectivity index (χ1) is 9.70. The molecule has 0 atom stereocenters. The smallest absolute Gasteiger partial charge is 0.316 e. The molecule has 20 heavy (non-hydrogen) atoms. The number of fused-ring (bicyclic) bond motifs is 1. The van der Waals surface area contributed by atoms with Crippen molar-refractivity contribution in [3.63, 3.8) is 0 Å². The molecule has 1 heterocycles. The van der Waals surface area contributed by atoms with Gasteiger partial charge in [-0.1, -0.05) is 41.9 Å². The van der Waals surface area contributed by atoms with Gasteiger partial charge in [0.1, 0.15) is 12.2 Å². The highest BCUT2D eigenvalue weighted by Crippen LogP contribution is 2.27. The molecule has 0 aliphatic carbocycles. The fourth-order valence-corrected chi connectivity index (χ4v) is 2.39. The lowest BCUT2D eigenvalue weighted by Crippen LogP contribution is -2.37. The predicted octanol–water partition coefficient (Wildman–Crippen LogP) is 2.65. The van der Waals surface area contributed by atoms with Gasteiger partial charge in [0.15, 0.2) is 5.52 Å². The molecule has 2 N–H and O–H groups in total. The van der Waals surface area contributed by atoms with Crippen molar-refractivity contribution in [2.45, 2.75) is 6.54 Å². The van der Waals surface area contributed by atoms with Crippen LogP contribution in [-0.2, 0) is 6.54 Å². The summed E-state index contributed by atoms with van der Waals surface area (Å²) in [5.41, 5.74) is 7.66. The summed E-state index contributed by atoms with van der Waals surface area (Å²) in [5, 5.41) is 13.7. The zero-order valence-electron chi connectivity index (χ0n) is 10.6. The first-order valence-corrected chi connectivity index (χ1v) is 6.55. The summed E-state index contributed by atoms with van der Waals surface area (Å²) in [7, 11) is 0. The summed E-state index contributed by atoms with van der Waals surface area (Å²) < 4.78 is 0.786. The monoisotopic (exact) mass is 285 g/mol. The van der Waals surface area contributed by atoms with Gasteiger partial charge in [-0.25, -0.2) is 4.73 Å². The number of nitrogens with zero attached hydrogens (tertiary/aromatic N) is 2. The zero-order chi connectivity index (χ0) is 14.1. The molecule has 0 fully saturated rings. The minimum absolute atomic E-state index is 0.0852. The van der Waals surface area contributed by atoms with Gasteiger partial charge in [0.25, 0.3) is 0 Å². The van der Waals surface area contributed by atoms with Crippen molar-refractivity contribution in [2.24, 2.45) is 5.73 Å². The van der Waals surface area contributed by atoms with E-state index in [1.54, 1.807) is 18.2 Å². The normalized spacial score (nSPS) is 10.9. The molecule has 4 nitrogen and oxygen atoms in total. The Balaban J connectivity index is 2.43. The molecule has 0 bridgehead atoms. The Morgan fingerprint density at radius 1 is 1.15 bits per heavy atom. The third-order valence-electron chi connectivity index (χ3n) is 3.13. The molecule has 0 aliphatic heterocycles. The van der Waals surface area contributed by atoms with Crippen LogP contribution in [0, 0.1) is 5.21 Å². The van der Waals surface area contributed by atoms with Crippen LogP contribution in [-0.4, -0.2) is 4.98 Å². The van der Waals surface area contributed by atoms with Gasteiger partial charge in [0.2, 0.25) is 0 Å². The maximum atomic E-state index is 12.5. The van der Waals surface area contributed by atoms with E-state index in [1.165, 1.54) is 0 Å². The number of benzene rings is 2. The predicted molar refractivity (Wildman–Crippen MR) is 79.0 cm³/mol. The lowest BCUT2D eigenvalue weighted by atomic mass is 10.1. The van der Waals surface area contributed by atoms with E-state index in [-0.39, 0.29) is 6.54 Å². The number of rotatable bonds is 2. The van der Waals surface area contributed by atoms with E-state index in [1.807, 2.05) is 30.3 Å².